The van der Waals surface area contributed by atoms with E-state index < -0.39 is 8.30 Å². The summed E-state index contributed by atoms with van der Waals surface area (Å²) in [4.78, 5) is 0. The van der Waals surface area contributed by atoms with Crippen LogP contribution in [0.4, 0.5) is 0 Å². The van der Waals surface area contributed by atoms with Crippen LogP contribution in [0.1, 0.15) is 48.5 Å². The van der Waals surface area contributed by atoms with Crippen molar-refractivity contribution in [3.63, 3.8) is 0 Å². The van der Waals surface area contributed by atoms with Crippen LogP contribution in [0.15, 0.2) is 12.7 Å². The molecule has 0 heterocycles. The fraction of sp³-hybridized carbons (Fsp3) is 0.846. The molecule has 0 aliphatic carbocycles. The van der Waals surface area contributed by atoms with Crippen molar-refractivity contribution in [1.29, 1.82) is 0 Å². The van der Waals surface area contributed by atoms with Gasteiger partial charge < -0.3 is 4.52 Å². The Labute approximate surface area is 104 Å². The fourth-order valence-electron chi connectivity index (χ4n) is 1.57. The second-order valence-corrected chi connectivity index (χ2v) is 5.88. The zero-order valence-corrected chi connectivity index (χ0v) is 13.1. The molecule has 1 unspecified atom stereocenters. The van der Waals surface area contributed by atoms with Gasteiger partial charge in [0.05, 0.1) is 6.61 Å². The van der Waals surface area contributed by atoms with Crippen molar-refractivity contribution in [3.05, 3.63) is 12.7 Å². The van der Waals surface area contributed by atoms with Gasteiger partial charge in [-0.15, -0.1) is 6.58 Å². The first-order chi connectivity index (χ1) is 7.54. The van der Waals surface area contributed by atoms with Crippen LogP contribution in [0.5, 0.6) is 0 Å². The third-order valence-electron chi connectivity index (χ3n) is 1.93. The van der Waals surface area contributed by atoms with Gasteiger partial charge in [0.25, 0.3) is 0 Å². The third kappa shape index (κ3) is 7.38. The smallest absolute Gasteiger partial charge is 0.104 e. The van der Waals surface area contributed by atoms with Gasteiger partial charge in [-0.25, -0.2) is 0 Å². The zero-order valence-electron chi connectivity index (χ0n) is 12.2. The number of rotatable bonds is 7. The lowest BCUT2D eigenvalue weighted by Gasteiger charge is -2.36. The Morgan fingerprint density at radius 2 is 1.62 bits per heavy atom. The maximum Gasteiger partial charge on any atom is 0.104 e. The van der Waals surface area contributed by atoms with Crippen LogP contribution in [0.25, 0.3) is 0 Å². The van der Waals surface area contributed by atoms with E-state index in [1.165, 1.54) is 0 Å². The van der Waals surface area contributed by atoms with Gasteiger partial charge in [0, 0.05) is 18.2 Å². The van der Waals surface area contributed by atoms with E-state index >= 15 is 0 Å². The van der Waals surface area contributed by atoms with E-state index in [9.17, 15) is 0 Å². The number of hydrogen-bond acceptors (Lipinski definition) is 2. The lowest BCUT2D eigenvalue weighted by atomic mass is 10.3. The minimum Gasteiger partial charge on any atom is -0.340 e. The van der Waals surface area contributed by atoms with Crippen LogP contribution < -0.4 is 0 Å². The molecule has 0 aromatic heterocycles. The Hall–Kier alpha value is 0.0900. The van der Waals surface area contributed by atoms with Gasteiger partial charge in [-0.2, -0.15) is 0 Å². The Bertz CT molecular complexity index is 152. The third-order valence-corrected chi connectivity index (χ3v) is 4.35. The minimum atomic E-state index is -0.445. The largest absolute Gasteiger partial charge is 0.340 e. The number of nitrogens with zero attached hydrogens (tertiary/aromatic N) is 1. The second kappa shape index (κ2) is 11.6. The van der Waals surface area contributed by atoms with Crippen molar-refractivity contribution in [2.75, 3.05) is 12.8 Å². The molecule has 98 valence electrons. The molecule has 0 amide bonds. The van der Waals surface area contributed by atoms with E-state index in [1.807, 2.05) is 19.9 Å². The molecule has 3 heteroatoms. The molecule has 0 fully saturated rings. The second-order valence-electron chi connectivity index (χ2n) is 3.82. The standard InChI is InChI=1S/C11H24NOP.C2H6/c1-7-9-13-14(8-2)12(10(3)4)11(5)6;1-2/h7,10-11H,1,8-9H2,2-6H3;1-2H3. The van der Waals surface area contributed by atoms with E-state index in [4.69, 9.17) is 4.52 Å². The van der Waals surface area contributed by atoms with E-state index in [1.54, 1.807) is 0 Å². The molecular weight excluding hydrogens is 217 g/mol. The summed E-state index contributed by atoms with van der Waals surface area (Å²) < 4.78 is 8.26. The molecule has 0 rings (SSSR count). The van der Waals surface area contributed by atoms with Gasteiger partial charge in [0.15, 0.2) is 0 Å². The van der Waals surface area contributed by atoms with Crippen LogP contribution in [-0.4, -0.2) is 29.5 Å². The van der Waals surface area contributed by atoms with Crippen LogP contribution in [0.3, 0.4) is 0 Å². The van der Waals surface area contributed by atoms with Crippen LogP contribution >= 0.6 is 8.30 Å². The van der Waals surface area contributed by atoms with Gasteiger partial charge in [-0.3, -0.25) is 4.67 Å². The van der Waals surface area contributed by atoms with Gasteiger partial charge in [0.1, 0.15) is 8.30 Å². The lowest BCUT2D eigenvalue weighted by molar-refractivity contribution is 0.268. The molecule has 0 radical (unpaired) electrons. The molecule has 16 heavy (non-hydrogen) atoms. The Kier molecular flexibility index (Phi) is 13.3. The van der Waals surface area contributed by atoms with Crippen molar-refractivity contribution < 1.29 is 4.52 Å². The molecule has 0 aliphatic heterocycles. The summed E-state index contributed by atoms with van der Waals surface area (Å²) in [5, 5.41) is 0. The van der Waals surface area contributed by atoms with Crippen LogP contribution in [0, 0.1) is 0 Å². The maximum absolute atomic E-state index is 5.80. The van der Waals surface area contributed by atoms with Gasteiger partial charge in [-0.05, 0) is 27.7 Å². The highest BCUT2D eigenvalue weighted by atomic mass is 31.2. The first-order valence-electron chi connectivity index (χ1n) is 6.34. The molecule has 0 aliphatic rings. The molecule has 0 saturated carbocycles. The van der Waals surface area contributed by atoms with Crippen molar-refractivity contribution in [2.45, 2.75) is 60.5 Å². The fourth-order valence-corrected chi connectivity index (χ4v) is 3.52. The number of hydrogen-bond donors (Lipinski definition) is 0. The van der Waals surface area contributed by atoms with Gasteiger partial charge in [-0.1, -0.05) is 26.8 Å². The van der Waals surface area contributed by atoms with Crippen LogP contribution in [0.2, 0.25) is 0 Å². The first kappa shape index (κ1) is 18.5. The van der Waals surface area contributed by atoms with Gasteiger partial charge in [0.2, 0.25) is 0 Å². The molecule has 0 bridgehead atoms. The summed E-state index contributed by atoms with van der Waals surface area (Å²) in [7, 11) is -0.445. The summed E-state index contributed by atoms with van der Waals surface area (Å²) in [6.07, 6.45) is 2.91. The van der Waals surface area contributed by atoms with Crippen molar-refractivity contribution >= 4 is 8.30 Å². The summed E-state index contributed by atoms with van der Waals surface area (Å²) in [6.45, 7) is 19.4. The highest BCUT2D eigenvalue weighted by molar-refractivity contribution is 7.50. The molecule has 0 aromatic carbocycles. The normalized spacial score (nSPS) is 12.6. The van der Waals surface area contributed by atoms with Crippen molar-refractivity contribution in [1.82, 2.24) is 4.67 Å². The molecular formula is C13H30NOP. The highest BCUT2D eigenvalue weighted by Gasteiger charge is 2.22. The van der Waals surface area contributed by atoms with Gasteiger partial charge >= 0.3 is 0 Å². The van der Waals surface area contributed by atoms with Crippen molar-refractivity contribution in [3.8, 4) is 0 Å². The SMILES string of the molecule is C=CCOP(CC)N(C(C)C)C(C)C.CC. The van der Waals surface area contributed by atoms with E-state index in [0.29, 0.717) is 18.7 Å². The highest BCUT2D eigenvalue weighted by Crippen LogP contribution is 2.44. The Morgan fingerprint density at radius 1 is 1.19 bits per heavy atom. The molecule has 0 spiro atoms. The minimum absolute atomic E-state index is 0.445. The summed E-state index contributed by atoms with van der Waals surface area (Å²) in [6, 6.07) is 1.09. The Balaban J connectivity index is 0. The van der Waals surface area contributed by atoms with Crippen LogP contribution in [-0.2, 0) is 4.52 Å². The molecule has 0 saturated heterocycles. The quantitative estimate of drug-likeness (QED) is 0.479. The first-order valence-corrected chi connectivity index (χ1v) is 7.73. The van der Waals surface area contributed by atoms with E-state index in [2.05, 4.69) is 45.9 Å². The monoisotopic (exact) mass is 247 g/mol. The lowest BCUT2D eigenvalue weighted by Crippen LogP contribution is -2.33. The predicted molar refractivity (Wildman–Crippen MR) is 77.1 cm³/mol. The molecule has 0 aromatic rings. The molecule has 0 N–H and O–H groups in total. The van der Waals surface area contributed by atoms with E-state index in [0.717, 1.165) is 6.16 Å². The van der Waals surface area contributed by atoms with E-state index in [-0.39, 0.29) is 0 Å². The summed E-state index contributed by atoms with van der Waals surface area (Å²) in [5.41, 5.74) is 0. The summed E-state index contributed by atoms with van der Waals surface area (Å²) in [5.74, 6) is 0. The molecule has 1 atom stereocenters. The Morgan fingerprint density at radius 3 is 1.88 bits per heavy atom. The average Bonchev–Trinajstić information content (AvgIpc) is 2.25. The molecule has 2 nitrogen and oxygen atoms in total. The average molecular weight is 247 g/mol. The topological polar surface area (TPSA) is 12.5 Å². The maximum atomic E-state index is 5.80. The van der Waals surface area contributed by atoms with Crippen molar-refractivity contribution in [2.24, 2.45) is 0 Å². The zero-order chi connectivity index (χ0) is 13.1. The predicted octanol–water partition coefficient (Wildman–Crippen LogP) is 4.67. The summed E-state index contributed by atoms with van der Waals surface area (Å²) >= 11 is 0.